The minimum atomic E-state index is -0.792. The molecule has 1 aliphatic carbocycles. The summed E-state index contributed by atoms with van der Waals surface area (Å²) in [6.07, 6.45) is 4.34. The Bertz CT molecular complexity index is 398. The zero-order chi connectivity index (χ0) is 15.6. The molecule has 5 heteroatoms. The van der Waals surface area contributed by atoms with Crippen LogP contribution >= 0.6 is 0 Å². The van der Waals surface area contributed by atoms with Crippen molar-refractivity contribution < 1.29 is 19.4 Å². The van der Waals surface area contributed by atoms with E-state index in [4.69, 9.17) is 4.74 Å². The van der Waals surface area contributed by atoms with Gasteiger partial charge in [0.05, 0.1) is 24.0 Å². The van der Waals surface area contributed by atoms with Crippen LogP contribution in [0, 0.1) is 17.8 Å². The number of ether oxygens (including phenoxy) is 1. The zero-order valence-corrected chi connectivity index (χ0v) is 13.2. The van der Waals surface area contributed by atoms with Crippen molar-refractivity contribution in [1.29, 1.82) is 0 Å². The number of hydrogen-bond acceptors (Lipinski definition) is 3. The van der Waals surface area contributed by atoms with Crippen LogP contribution < -0.4 is 5.32 Å². The van der Waals surface area contributed by atoms with Gasteiger partial charge in [-0.15, -0.1) is 0 Å². The van der Waals surface area contributed by atoms with E-state index in [9.17, 15) is 14.7 Å². The first-order chi connectivity index (χ1) is 9.91. The van der Waals surface area contributed by atoms with Gasteiger partial charge in [-0.2, -0.15) is 0 Å². The van der Waals surface area contributed by atoms with Gasteiger partial charge in [0.2, 0.25) is 5.91 Å². The summed E-state index contributed by atoms with van der Waals surface area (Å²) < 4.78 is 5.72. The lowest BCUT2D eigenvalue weighted by atomic mass is 9.87. The Balaban J connectivity index is 2.04. The molecule has 2 N–H and O–H groups in total. The lowest BCUT2D eigenvalue weighted by Gasteiger charge is -2.26. The molecule has 0 aromatic rings. The standard InChI is InChI=1S/C16H27NO4/c1-9-10(2)21-11(3)14(9)15(18)17-13-8-6-4-5-7-12(13)16(19)20/h9-14H,4-8H2,1-3H3,(H,17,18)(H,19,20). The van der Waals surface area contributed by atoms with Gasteiger partial charge in [-0.05, 0) is 32.6 Å². The van der Waals surface area contributed by atoms with Crippen molar-refractivity contribution in [3.05, 3.63) is 0 Å². The lowest BCUT2D eigenvalue weighted by Crippen LogP contribution is -2.47. The number of amides is 1. The van der Waals surface area contributed by atoms with Gasteiger partial charge < -0.3 is 15.2 Å². The molecular formula is C16H27NO4. The highest BCUT2D eigenvalue weighted by atomic mass is 16.5. The molecule has 0 radical (unpaired) electrons. The fourth-order valence-corrected chi connectivity index (χ4v) is 3.77. The Morgan fingerprint density at radius 1 is 1.05 bits per heavy atom. The minimum absolute atomic E-state index is 0.0440. The smallest absolute Gasteiger partial charge is 0.308 e. The minimum Gasteiger partial charge on any atom is -0.481 e. The zero-order valence-electron chi connectivity index (χ0n) is 13.2. The van der Waals surface area contributed by atoms with Crippen molar-refractivity contribution in [3.63, 3.8) is 0 Å². The fourth-order valence-electron chi connectivity index (χ4n) is 3.77. The van der Waals surface area contributed by atoms with Crippen LogP contribution in [0.4, 0.5) is 0 Å². The van der Waals surface area contributed by atoms with E-state index in [2.05, 4.69) is 5.32 Å². The van der Waals surface area contributed by atoms with Gasteiger partial charge in [0.15, 0.2) is 0 Å². The van der Waals surface area contributed by atoms with Crippen LogP contribution in [-0.2, 0) is 14.3 Å². The molecular weight excluding hydrogens is 270 g/mol. The molecule has 5 nitrogen and oxygen atoms in total. The molecule has 1 aliphatic heterocycles. The first-order valence-electron chi connectivity index (χ1n) is 8.10. The number of aliphatic carboxylic acids is 1. The summed E-state index contributed by atoms with van der Waals surface area (Å²) >= 11 is 0. The number of rotatable bonds is 3. The molecule has 120 valence electrons. The first kappa shape index (κ1) is 16.3. The summed E-state index contributed by atoms with van der Waals surface area (Å²) in [6, 6.07) is -0.243. The molecule has 1 amide bonds. The molecule has 2 rings (SSSR count). The van der Waals surface area contributed by atoms with Gasteiger partial charge in [0.1, 0.15) is 0 Å². The number of carbonyl (C=O) groups is 2. The second kappa shape index (κ2) is 6.77. The quantitative estimate of drug-likeness (QED) is 0.783. The van der Waals surface area contributed by atoms with Crippen LogP contribution in [0.15, 0.2) is 0 Å². The van der Waals surface area contributed by atoms with Crippen molar-refractivity contribution in [2.24, 2.45) is 17.8 Å². The van der Waals surface area contributed by atoms with Crippen molar-refractivity contribution in [2.45, 2.75) is 71.1 Å². The summed E-state index contributed by atoms with van der Waals surface area (Å²) in [5.74, 6) is -1.31. The number of hydrogen-bond donors (Lipinski definition) is 2. The number of carboxylic acid groups (broad SMARTS) is 1. The maximum Gasteiger partial charge on any atom is 0.308 e. The van der Waals surface area contributed by atoms with E-state index in [0.717, 1.165) is 25.7 Å². The van der Waals surface area contributed by atoms with E-state index < -0.39 is 11.9 Å². The van der Waals surface area contributed by atoms with Gasteiger partial charge in [-0.1, -0.05) is 26.2 Å². The second-order valence-corrected chi connectivity index (χ2v) is 6.63. The largest absolute Gasteiger partial charge is 0.481 e. The first-order valence-corrected chi connectivity index (χ1v) is 8.10. The van der Waals surface area contributed by atoms with E-state index >= 15 is 0 Å². The van der Waals surface area contributed by atoms with Crippen LogP contribution in [-0.4, -0.2) is 35.2 Å². The maximum absolute atomic E-state index is 12.6. The molecule has 1 saturated heterocycles. The molecule has 2 aliphatic rings. The molecule has 0 spiro atoms. The number of carboxylic acids is 1. The Labute approximate surface area is 126 Å². The highest BCUT2D eigenvalue weighted by molar-refractivity contribution is 5.81. The van der Waals surface area contributed by atoms with E-state index in [0.29, 0.717) is 6.42 Å². The second-order valence-electron chi connectivity index (χ2n) is 6.63. The molecule has 6 atom stereocenters. The van der Waals surface area contributed by atoms with Crippen LogP contribution in [0.2, 0.25) is 0 Å². The normalized spacial score (nSPS) is 40.5. The number of carbonyl (C=O) groups excluding carboxylic acids is 1. The third-order valence-corrected chi connectivity index (χ3v) is 5.21. The summed E-state index contributed by atoms with van der Waals surface area (Å²) in [4.78, 5) is 24.0. The van der Waals surface area contributed by atoms with E-state index in [1.165, 1.54) is 0 Å². The molecule has 1 heterocycles. The Morgan fingerprint density at radius 2 is 1.71 bits per heavy atom. The van der Waals surface area contributed by atoms with Gasteiger partial charge in [-0.25, -0.2) is 0 Å². The summed E-state index contributed by atoms with van der Waals surface area (Å²) in [5.41, 5.74) is 0. The van der Waals surface area contributed by atoms with Crippen molar-refractivity contribution in [2.75, 3.05) is 0 Å². The topological polar surface area (TPSA) is 75.6 Å². The van der Waals surface area contributed by atoms with Gasteiger partial charge in [0.25, 0.3) is 0 Å². The maximum atomic E-state index is 12.6. The predicted molar refractivity (Wildman–Crippen MR) is 78.8 cm³/mol. The predicted octanol–water partition coefficient (Wildman–Crippen LogP) is 2.20. The van der Waals surface area contributed by atoms with E-state index in [1.54, 1.807) is 0 Å². The molecule has 21 heavy (non-hydrogen) atoms. The molecule has 0 bridgehead atoms. The molecule has 0 aromatic heterocycles. The van der Waals surface area contributed by atoms with E-state index in [-0.39, 0.29) is 36.0 Å². The number of nitrogens with one attached hydrogen (secondary N) is 1. The fraction of sp³-hybridized carbons (Fsp3) is 0.875. The highest BCUT2D eigenvalue weighted by Gasteiger charge is 2.43. The van der Waals surface area contributed by atoms with E-state index in [1.807, 2.05) is 20.8 Å². The van der Waals surface area contributed by atoms with Gasteiger partial charge in [0, 0.05) is 6.04 Å². The van der Waals surface area contributed by atoms with Crippen molar-refractivity contribution in [3.8, 4) is 0 Å². The monoisotopic (exact) mass is 297 g/mol. The molecule has 1 saturated carbocycles. The molecule has 6 unspecified atom stereocenters. The lowest BCUT2D eigenvalue weighted by molar-refractivity contribution is -0.143. The molecule has 2 fully saturated rings. The highest BCUT2D eigenvalue weighted by Crippen LogP contribution is 2.33. The van der Waals surface area contributed by atoms with Crippen LogP contribution in [0.5, 0.6) is 0 Å². The van der Waals surface area contributed by atoms with Crippen LogP contribution in [0.25, 0.3) is 0 Å². The summed E-state index contributed by atoms with van der Waals surface area (Å²) in [5, 5.41) is 12.4. The van der Waals surface area contributed by atoms with Crippen LogP contribution in [0.3, 0.4) is 0 Å². The average Bonchev–Trinajstić information content (AvgIpc) is 2.58. The summed E-state index contributed by atoms with van der Waals surface area (Å²) in [7, 11) is 0. The Kier molecular flexibility index (Phi) is 5.25. The Morgan fingerprint density at radius 3 is 2.29 bits per heavy atom. The Hall–Kier alpha value is -1.10. The molecule has 0 aromatic carbocycles. The van der Waals surface area contributed by atoms with Crippen LogP contribution in [0.1, 0.15) is 52.9 Å². The van der Waals surface area contributed by atoms with Crippen molar-refractivity contribution >= 4 is 11.9 Å². The van der Waals surface area contributed by atoms with Gasteiger partial charge >= 0.3 is 5.97 Å². The summed E-state index contributed by atoms with van der Waals surface area (Å²) in [6.45, 7) is 5.94. The van der Waals surface area contributed by atoms with Crippen molar-refractivity contribution in [1.82, 2.24) is 5.32 Å². The third-order valence-electron chi connectivity index (χ3n) is 5.21. The SMILES string of the molecule is CC1OC(C)C(C(=O)NC2CCCCCC2C(=O)O)C1C. The third kappa shape index (κ3) is 3.57. The average molecular weight is 297 g/mol. The van der Waals surface area contributed by atoms with Gasteiger partial charge in [-0.3, -0.25) is 9.59 Å².